The molecular weight excluding hydrogens is 801 g/mol. The van der Waals surface area contributed by atoms with E-state index in [1.807, 2.05) is 0 Å². The zero-order chi connectivity index (χ0) is 47.6. The Morgan fingerprint density at radius 1 is 0.375 bits per heavy atom. The number of rotatable bonds is 46. The molecule has 0 aliphatic rings. The van der Waals surface area contributed by atoms with Crippen molar-refractivity contribution in [2.75, 3.05) is 58.9 Å². The van der Waals surface area contributed by atoms with Crippen LogP contribution < -0.4 is 11.5 Å². The molecule has 0 aromatic carbocycles. The average Bonchev–Trinajstić information content (AvgIpc) is 3.28. The van der Waals surface area contributed by atoms with Crippen LogP contribution in [0.5, 0.6) is 0 Å². The molecule has 0 aliphatic heterocycles. The molecule has 0 aromatic heterocycles. The van der Waals surface area contributed by atoms with Crippen LogP contribution in [0.1, 0.15) is 241 Å². The Balaban J connectivity index is 6.33. The fourth-order valence-electron chi connectivity index (χ4n) is 8.69. The minimum absolute atomic E-state index is 0.0333. The largest absolute Gasteiger partial charge is 0.368 e. The number of carbonyl (C=O) groups excluding carboxylic acids is 5. The lowest BCUT2D eigenvalue weighted by Crippen LogP contribution is -2.51. The van der Waals surface area contributed by atoms with Crippen molar-refractivity contribution in [2.45, 2.75) is 241 Å². The van der Waals surface area contributed by atoms with Crippen LogP contribution in [-0.4, -0.2) is 108 Å². The Bertz CT molecular complexity index is 1170. The zero-order valence-corrected chi connectivity index (χ0v) is 42.9. The molecule has 0 rings (SSSR count). The molecule has 0 fully saturated rings. The molecule has 0 heterocycles. The van der Waals surface area contributed by atoms with E-state index in [-0.39, 0.29) is 61.6 Å². The monoisotopic (exact) mass is 905 g/mol. The molecule has 0 saturated heterocycles. The first kappa shape index (κ1) is 61.3. The molecule has 0 aliphatic carbocycles. The summed E-state index contributed by atoms with van der Waals surface area (Å²) in [4.78, 5) is 75.7. The van der Waals surface area contributed by atoms with Crippen LogP contribution in [0.3, 0.4) is 0 Å². The lowest BCUT2D eigenvalue weighted by molar-refractivity contribution is -0.147. The van der Waals surface area contributed by atoms with Crippen molar-refractivity contribution in [3.05, 3.63) is 0 Å². The smallest absolute Gasteiger partial charge is 0.242 e. The van der Waals surface area contributed by atoms with Gasteiger partial charge in [0.1, 0.15) is 0 Å². The second kappa shape index (κ2) is 42.9. The normalized spacial score (nSPS) is 12.2. The van der Waals surface area contributed by atoms with Crippen LogP contribution in [0, 0.1) is 11.8 Å². The maximum atomic E-state index is 14.6. The van der Waals surface area contributed by atoms with Crippen molar-refractivity contribution in [1.29, 1.82) is 0 Å². The number of nitrogens with two attached hydrogens (primary N) is 2. The lowest BCUT2D eigenvalue weighted by Gasteiger charge is -2.33. The molecule has 2 unspecified atom stereocenters. The number of primary amides is 1. The van der Waals surface area contributed by atoms with Crippen LogP contribution in [-0.2, 0) is 24.0 Å². The zero-order valence-electron chi connectivity index (χ0n) is 42.9. The van der Waals surface area contributed by atoms with Gasteiger partial charge in [-0.1, -0.05) is 196 Å². The molecular formula is C53H104N6O5. The molecule has 64 heavy (non-hydrogen) atoms. The van der Waals surface area contributed by atoms with Crippen LogP contribution in [0.25, 0.3) is 0 Å². The van der Waals surface area contributed by atoms with E-state index in [1.165, 1.54) is 83.5 Å². The van der Waals surface area contributed by atoms with Gasteiger partial charge in [-0.15, -0.1) is 0 Å². The van der Waals surface area contributed by atoms with Gasteiger partial charge in [0.25, 0.3) is 0 Å². The summed E-state index contributed by atoms with van der Waals surface area (Å²) < 4.78 is 0. The van der Waals surface area contributed by atoms with Gasteiger partial charge in [-0.2, -0.15) is 0 Å². The van der Waals surface area contributed by atoms with Crippen LogP contribution >= 0.6 is 0 Å². The van der Waals surface area contributed by atoms with Crippen LogP contribution in [0.4, 0.5) is 0 Å². The van der Waals surface area contributed by atoms with E-state index < -0.39 is 5.91 Å². The van der Waals surface area contributed by atoms with E-state index in [1.54, 1.807) is 19.6 Å². The second-order valence-electron chi connectivity index (χ2n) is 19.1. The van der Waals surface area contributed by atoms with Gasteiger partial charge < -0.3 is 31.1 Å². The van der Waals surface area contributed by atoms with Gasteiger partial charge in [-0.3, -0.25) is 24.0 Å². The van der Waals surface area contributed by atoms with Crippen LogP contribution in [0.15, 0.2) is 0 Å². The lowest BCUT2D eigenvalue weighted by atomic mass is 9.98. The summed E-state index contributed by atoms with van der Waals surface area (Å²) in [5.74, 6) is -0.926. The Kier molecular flexibility index (Phi) is 41.1. The number of nitrogens with zero attached hydrogens (tertiary/aromatic N) is 4. The fraction of sp³-hybridized carbons (Fsp3) is 0.906. The second-order valence-corrected chi connectivity index (χ2v) is 19.1. The molecule has 2 atom stereocenters. The molecule has 0 radical (unpaired) electrons. The van der Waals surface area contributed by atoms with Crippen molar-refractivity contribution >= 4 is 29.5 Å². The van der Waals surface area contributed by atoms with E-state index in [2.05, 4.69) is 41.5 Å². The third-order valence-corrected chi connectivity index (χ3v) is 13.2. The van der Waals surface area contributed by atoms with Crippen molar-refractivity contribution in [1.82, 2.24) is 19.6 Å². The van der Waals surface area contributed by atoms with E-state index in [0.29, 0.717) is 45.6 Å². The first-order valence-electron chi connectivity index (χ1n) is 27.1. The molecule has 0 spiro atoms. The van der Waals surface area contributed by atoms with Gasteiger partial charge in [-0.25, -0.2) is 0 Å². The highest BCUT2D eigenvalue weighted by Gasteiger charge is 2.29. The predicted molar refractivity (Wildman–Crippen MR) is 269 cm³/mol. The van der Waals surface area contributed by atoms with Gasteiger partial charge in [0, 0.05) is 32.6 Å². The van der Waals surface area contributed by atoms with Gasteiger partial charge in [0.2, 0.25) is 29.5 Å². The molecule has 11 heteroatoms. The summed E-state index contributed by atoms with van der Waals surface area (Å²) >= 11 is 0. The summed E-state index contributed by atoms with van der Waals surface area (Å²) in [6.45, 7) is 14.8. The van der Waals surface area contributed by atoms with Crippen molar-refractivity contribution in [3.63, 3.8) is 0 Å². The molecule has 0 saturated carbocycles. The first-order valence-corrected chi connectivity index (χ1v) is 27.1. The van der Waals surface area contributed by atoms with Gasteiger partial charge in [0.05, 0.1) is 26.2 Å². The molecule has 376 valence electrons. The molecule has 0 bridgehead atoms. The predicted octanol–water partition coefficient (Wildman–Crippen LogP) is 11.2. The number of hydrogen-bond acceptors (Lipinski definition) is 6. The highest BCUT2D eigenvalue weighted by atomic mass is 16.2. The van der Waals surface area contributed by atoms with Gasteiger partial charge in [-0.05, 0) is 56.9 Å². The van der Waals surface area contributed by atoms with Gasteiger partial charge >= 0.3 is 0 Å². The van der Waals surface area contributed by atoms with E-state index >= 15 is 0 Å². The van der Waals surface area contributed by atoms with Crippen molar-refractivity contribution < 1.29 is 24.0 Å². The Hall–Kier alpha value is -2.69. The summed E-state index contributed by atoms with van der Waals surface area (Å²) in [7, 11) is 0. The minimum Gasteiger partial charge on any atom is -0.368 e. The highest BCUT2D eigenvalue weighted by Crippen LogP contribution is 2.19. The minimum atomic E-state index is -0.569. The van der Waals surface area contributed by atoms with Gasteiger partial charge in [0.15, 0.2) is 0 Å². The number of amides is 5. The Morgan fingerprint density at radius 2 is 0.703 bits per heavy atom. The standard InChI is InChI=1S/C53H104N6O5/c1-7-13-17-19-21-23-25-27-29-33-39-56(50(61)37-31-32-38-54)44-53(64)59(42-48(12-6)36-16-10-4)46-51(62)57(40-34-30-28-26-24-22-20-18-14-8-2)45-52(63)58(43-49(55)60)41-47(11-5)35-15-9-3/h47-48H,7-46,54H2,1-6H3,(H2,55,60). The highest BCUT2D eigenvalue weighted by molar-refractivity contribution is 5.91. The summed E-state index contributed by atoms with van der Waals surface area (Å²) in [5, 5.41) is 0. The van der Waals surface area contributed by atoms with E-state index in [4.69, 9.17) is 11.5 Å². The molecule has 4 N–H and O–H groups in total. The maximum Gasteiger partial charge on any atom is 0.242 e. The van der Waals surface area contributed by atoms with Crippen molar-refractivity contribution in [3.8, 4) is 0 Å². The van der Waals surface area contributed by atoms with Crippen LogP contribution in [0.2, 0.25) is 0 Å². The molecule has 5 amide bonds. The average molecular weight is 905 g/mol. The van der Waals surface area contributed by atoms with E-state index in [9.17, 15) is 24.0 Å². The first-order chi connectivity index (χ1) is 31.0. The Morgan fingerprint density at radius 3 is 1.06 bits per heavy atom. The topological polar surface area (TPSA) is 150 Å². The number of unbranched alkanes of at least 4 members (excludes halogenated alkanes) is 21. The molecule has 0 aromatic rings. The van der Waals surface area contributed by atoms with E-state index in [0.717, 1.165) is 103 Å². The third-order valence-electron chi connectivity index (χ3n) is 13.2. The fourth-order valence-corrected chi connectivity index (χ4v) is 8.69. The molecule has 11 nitrogen and oxygen atoms in total. The Labute approximate surface area is 394 Å². The number of hydrogen-bond donors (Lipinski definition) is 2. The quantitative estimate of drug-likeness (QED) is 0.0581. The maximum absolute atomic E-state index is 14.6. The SMILES string of the molecule is CCCCCCCCCCCCN(CC(=O)N(CC(=O)N(CCCCCCCCCCCC)CC(=O)N(CC(N)=O)CC(CC)CCCC)CC(CC)CCCC)C(=O)CCCCN. The summed E-state index contributed by atoms with van der Waals surface area (Å²) in [6.07, 6.45) is 33.0. The summed E-state index contributed by atoms with van der Waals surface area (Å²) in [6, 6.07) is 0. The summed E-state index contributed by atoms with van der Waals surface area (Å²) in [5.41, 5.74) is 11.5. The third kappa shape index (κ3) is 32.9. The van der Waals surface area contributed by atoms with Crippen molar-refractivity contribution in [2.24, 2.45) is 23.3 Å². The number of carbonyl (C=O) groups is 5.